The lowest BCUT2D eigenvalue weighted by molar-refractivity contribution is -0.148. The number of oxazole rings is 1. The minimum absolute atomic E-state index is 0.0926. The largest absolute Gasteiger partial charge is 0.496 e. The average Bonchev–Trinajstić information content (AvgIpc) is 3.52. The van der Waals surface area contributed by atoms with Crippen LogP contribution in [0.3, 0.4) is 0 Å². The molecule has 3 aromatic rings. The molecule has 1 aliphatic heterocycles. The molecule has 0 spiro atoms. The molecule has 0 amide bonds. The standard InChI is InChI=1S/C24H27N3O5/c1-29-22-12-19(6-7-21(22)23-13-25-16-31-23)27-15-26-18-4-2-3-17(11-18)5-8-24(28)32-20-9-10-30-14-20/h2-4,6-7,11-13,16,20,26-27H,5,8-10,14-15H2,1H3/t20-/m0/s1. The minimum Gasteiger partial charge on any atom is -0.496 e. The maximum absolute atomic E-state index is 12.0. The lowest BCUT2D eigenvalue weighted by Gasteiger charge is -2.13. The van der Waals surface area contributed by atoms with Gasteiger partial charge in [0, 0.05) is 30.3 Å². The van der Waals surface area contributed by atoms with E-state index in [1.165, 1.54) is 6.39 Å². The van der Waals surface area contributed by atoms with Crippen LogP contribution in [0.1, 0.15) is 18.4 Å². The van der Waals surface area contributed by atoms with E-state index in [0.29, 0.717) is 44.2 Å². The van der Waals surface area contributed by atoms with Crippen LogP contribution in [0.2, 0.25) is 0 Å². The van der Waals surface area contributed by atoms with Crippen molar-refractivity contribution in [2.45, 2.75) is 25.4 Å². The summed E-state index contributed by atoms with van der Waals surface area (Å²) in [5.74, 6) is 1.18. The van der Waals surface area contributed by atoms with Gasteiger partial charge in [0.2, 0.25) is 0 Å². The van der Waals surface area contributed by atoms with E-state index in [4.69, 9.17) is 18.6 Å². The number of hydrogen-bond donors (Lipinski definition) is 2. The molecule has 168 valence electrons. The van der Waals surface area contributed by atoms with Crippen molar-refractivity contribution >= 4 is 17.3 Å². The molecule has 1 aliphatic rings. The fraction of sp³-hybridized carbons (Fsp3) is 0.333. The third-order valence-corrected chi connectivity index (χ3v) is 5.22. The smallest absolute Gasteiger partial charge is 0.306 e. The summed E-state index contributed by atoms with van der Waals surface area (Å²) in [7, 11) is 1.63. The quantitative estimate of drug-likeness (QED) is 0.362. The summed E-state index contributed by atoms with van der Waals surface area (Å²) in [5, 5.41) is 6.67. The Bertz CT molecular complexity index is 1020. The number of hydrogen-bond acceptors (Lipinski definition) is 8. The molecule has 32 heavy (non-hydrogen) atoms. The van der Waals surface area contributed by atoms with Crippen LogP contribution in [0.15, 0.2) is 59.5 Å². The molecule has 8 heteroatoms. The number of methoxy groups -OCH3 is 1. The SMILES string of the molecule is COc1cc(NCNc2cccc(CCC(=O)O[C@H]3CCOC3)c2)ccc1-c1cnco1. The van der Waals surface area contributed by atoms with E-state index in [0.717, 1.165) is 28.9 Å². The van der Waals surface area contributed by atoms with E-state index in [1.54, 1.807) is 13.3 Å². The molecule has 0 bridgehead atoms. The van der Waals surface area contributed by atoms with Gasteiger partial charge in [-0.2, -0.15) is 0 Å². The third-order valence-electron chi connectivity index (χ3n) is 5.22. The van der Waals surface area contributed by atoms with Gasteiger partial charge in [-0.1, -0.05) is 12.1 Å². The first-order chi connectivity index (χ1) is 15.7. The number of nitrogens with zero attached hydrogens (tertiary/aromatic N) is 1. The average molecular weight is 437 g/mol. The van der Waals surface area contributed by atoms with Gasteiger partial charge in [0.05, 0.1) is 38.8 Å². The van der Waals surface area contributed by atoms with Crippen molar-refractivity contribution in [2.24, 2.45) is 0 Å². The number of esters is 1. The van der Waals surface area contributed by atoms with Gasteiger partial charge in [-0.25, -0.2) is 4.98 Å². The topological polar surface area (TPSA) is 94.9 Å². The highest BCUT2D eigenvalue weighted by Crippen LogP contribution is 2.32. The molecule has 2 heterocycles. The molecular formula is C24H27N3O5. The molecule has 4 rings (SSSR count). The second-order valence-corrected chi connectivity index (χ2v) is 7.49. The van der Waals surface area contributed by atoms with Crippen molar-refractivity contribution in [1.29, 1.82) is 0 Å². The Morgan fingerprint density at radius 1 is 1.19 bits per heavy atom. The van der Waals surface area contributed by atoms with Crippen molar-refractivity contribution in [2.75, 3.05) is 37.6 Å². The maximum atomic E-state index is 12.0. The van der Waals surface area contributed by atoms with Crippen LogP contribution in [0, 0.1) is 0 Å². The molecule has 0 aliphatic carbocycles. The number of anilines is 2. The molecule has 0 unspecified atom stereocenters. The van der Waals surface area contributed by atoms with Gasteiger partial charge in [0.15, 0.2) is 12.2 Å². The Morgan fingerprint density at radius 3 is 2.81 bits per heavy atom. The fourth-order valence-electron chi connectivity index (χ4n) is 3.54. The minimum atomic E-state index is -0.178. The number of carbonyl (C=O) groups excluding carboxylic acids is 1. The Labute approximate surface area is 186 Å². The summed E-state index contributed by atoms with van der Waals surface area (Å²) in [6.45, 7) is 1.70. The normalized spacial score (nSPS) is 15.3. The zero-order chi connectivity index (χ0) is 22.2. The number of aryl methyl sites for hydroxylation is 1. The Hall–Kier alpha value is -3.52. The lowest BCUT2D eigenvalue weighted by atomic mass is 10.1. The van der Waals surface area contributed by atoms with E-state index in [1.807, 2.05) is 42.5 Å². The Morgan fingerprint density at radius 2 is 2.06 bits per heavy atom. The summed E-state index contributed by atoms with van der Waals surface area (Å²) in [6, 6.07) is 13.8. The molecule has 2 N–H and O–H groups in total. The van der Waals surface area contributed by atoms with Crippen LogP contribution < -0.4 is 15.4 Å². The number of aromatic nitrogens is 1. The van der Waals surface area contributed by atoms with E-state index >= 15 is 0 Å². The van der Waals surface area contributed by atoms with E-state index in [-0.39, 0.29) is 12.1 Å². The van der Waals surface area contributed by atoms with Crippen LogP contribution in [0.5, 0.6) is 5.75 Å². The van der Waals surface area contributed by atoms with E-state index in [9.17, 15) is 4.79 Å². The molecule has 2 aromatic carbocycles. The second-order valence-electron chi connectivity index (χ2n) is 7.49. The summed E-state index contributed by atoms with van der Waals surface area (Å²) >= 11 is 0. The fourth-order valence-corrected chi connectivity index (χ4v) is 3.54. The van der Waals surface area contributed by atoms with Gasteiger partial charge in [-0.15, -0.1) is 0 Å². The van der Waals surface area contributed by atoms with Crippen LogP contribution in [0.25, 0.3) is 11.3 Å². The summed E-state index contributed by atoms with van der Waals surface area (Å²) in [4.78, 5) is 16.0. The Balaban J connectivity index is 1.26. The molecule has 1 saturated heterocycles. The van der Waals surface area contributed by atoms with Gasteiger partial charge in [0.25, 0.3) is 0 Å². The van der Waals surface area contributed by atoms with Gasteiger partial charge < -0.3 is 29.3 Å². The summed E-state index contributed by atoms with van der Waals surface area (Å²) in [5.41, 5.74) is 3.80. The maximum Gasteiger partial charge on any atom is 0.306 e. The number of rotatable bonds is 10. The first kappa shape index (κ1) is 21.7. The highest BCUT2D eigenvalue weighted by Gasteiger charge is 2.19. The lowest BCUT2D eigenvalue weighted by Crippen LogP contribution is -2.18. The molecule has 1 atom stereocenters. The summed E-state index contributed by atoms with van der Waals surface area (Å²) < 4.78 is 21.5. The molecule has 8 nitrogen and oxygen atoms in total. The first-order valence-electron chi connectivity index (χ1n) is 10.6. The molecule has 0 saturated carbocycles. The molecule has 1 fully saturated rings. The van der Waals surface area contributed by atoms with Crippen molar-refractivity contribution < 1.29 is 23.4 Å². The molecule has 0 radical (unpaired) electrons. The van der Waals surface area contributed by atoms with E-state index < -0.39 is 0 Å². The van der Waals surface area contributed by atoms with Crippen LogP contribution in [-0.2, 0) is 20.7 Å². The first-order valence-corrected chi connectivity index (χ1v) is 10.6. The predicted molar refractivity (Wildman–Crippen MR) is 121 cm³/mol. The number of benzene rings is 2. The van der Waals surface area contributed by atoms with Gasteiger partial charge in [0.1, 0.15) is 11.9 Å². The van der Waals surface area contributed by atoms with Crippen molar-refractivity contribution in [3.8, 4) is 17.1 Å². The third kappa shape index (κ3) is 5.79. The van der Waals surface area contributed by atoms with Crippen molar-refractivity contribution in [1.82, 2.24) is 4.98 Å². The van der Waals surface area contributed by atoms with Crippen LogP contribution in [-0.4, -0.2) is 44.0 Å². The van der Waals surface area contributed by atoms with Crippen molar-refractivity contribution in [3.05, 3.63) is 60.6 Å². The van der Waals surface area contributed by atoms with Crippen LogP contribution >= 0.6 is 0 Å². The molecule has 1 aromatic heterocycles. The van der Waals surface area contributed by atoms with Gasteiger partial charge in [-0.05, 0) is 36.2 Å². The predicted octanol–water partition coefficient (Wildman–Crippen LogP) is 4.10. The zero-order valence-corrected chi connectivity index (χ0v) is 18.0. The van der Waals surface area contributed by atoms with Gasteiger partial charge in [-0.3, -0.25) is 4.79 Å². The second kappa shape index (κ2) is 10.7. The number of carbonyl (C=O) groups is 1. The zero-order valence-electron chi connectivity index (χ0n) is 18.0. The van der Waals surface area contributed by atoms with Crippen LogP contribution in [0.4, 0.5) is 11.4 Å². The van der Waals surface area contributed by atoms with Crippen molar-refractivity contribution in [3.63, 3.8) is 0 Å². The van der Waals surface area contributed by atoms with E-state index in [2.05, 4.69) is 15.6 Å². The van der Waals surface area contributed by atoms with Gasteiger partial charge >= 0.3 is 5.97 Å². The summed E-state index contributed by atoms with van der Waals surface area (Å²) in [6.07, 6.45) is 4.73. The Kier molecular flexibility index (Phi) is 7.24. The molecular weight excluding hydrogens is 410 g/mol. The highest BCUT2D eigenvalue weighted by molar-refractivity contribution is 5.70. The number of ether oxygens (including phenoxy) is 3. The highest BCUT2D eigenvalue weighted by atomic mass is 16.6. The number of nitrogens with one attached hydrogen (secondary N) is 2. The monoisotopic (exact) mass is 437 g/mol.